The van der Waals surface area contributed by atoms with Crippen molar-refractivity contribution in [3.05, 3.63) is 152 Å². The number of benzene rings is 4. The van der Waals surface area contributed by atoms with Gasteiger partial charge in [0.2, 0.25) is 5.91 Å². The molecule has 0 fully saturated rings. The first-order valence-corrected chi connectivity index (χ1v) is 19.8. The zero-order valence-corrected chi connectivity index (χ0v) is 32.4. The van der Waals surface area contributed by atoms with E-state index in [0.717, 1.165) is 44.6 Å². The van der Waals surface area contributed by atoms with Gasteiger partial charge in [-0.05, 0) is 97.3 Å². The molecule has 5 aromatic rings. The van der Waals surface area contributed by atoms with E-state index in [1.54, 1.807) is 55.5 Å². The van der Waals surface area contributed by atoms with Crippen molar-refractivity contribution in [3.63, 3.8) is 0 Å². The fourth-order valence-corrected chi connectivity index (χ4v) is 8.93. The summed E-state index contributed by atoms with van der Waals surface area (Å²) in [4.78, 5) is 56.1. The minimum absolute atomic E-state index is 0.0574. The first-order chi connectivity index (χ1) is 25.7. The highest BCUT2D eigenvalue weighted by Crippen LogP contribution is 2.42. The number of carbonyl (C=O) groups is 4. The molecule has 3 N–H and O–H groups in total. The molecule has 8 nitrogen and oxygen atoms in total. The predicted molar refractivity (Wildman–Crippen MR) is 216 cm³/mol. The summed E-state index contributed by atoms with van der Waals surface area (Å²) in [6.07, 6.45) is 4.21. The van der Waals surface area contributed by atoms with Gasteiger partial charge < -0.3 is 20.7 Å². The molecule has 0 aliphatic heterocycles. The SMILES string of the molecule is CCOC(=O)c1c(NC(=O)C(Sc2cccc(NC(=O)/C(=C\c3cccc(Br)c3)NC(=O)c3ccccc3)c2)c2ccccc2)sc2c1CCC(C)C2. The number of nitrogens with one attached hydrogen (secondary N) is 3. The number of halogens is 1. The molecule has 0 saturated carbocycles. The van der Waals surface area contributed by atoms with Crippen LogP contribution in [-0.4, -0.2) is 30.3 Å². The second-order valence-corrected chi connectivity index (χ2v) is 15.8. The predicted octanol–water partition coefficient (Wildman–Crippen LogP) is 9.69. The number of ether oxygens (including phenoxy) is 1. The Labute approximate surface area is 325 Å². The maximum absolute atomic E-state index is 14.2. The Hall–Kier alpha value is -4.97. The molecule has 0 radical (unpaired) electrons. The lowest BCUT2D eigenvalue weighted by atomic mass is 9.88. The molecule has 2 unspecified atom stereocenters. The highest BCUT2D eigenvalue weighted by atomic mass is 79.9. The van der Waals surface area contributed by atoms with Gasteiger partial charge in [-0.2, -0.15) is 0 Å². The van der Waals surface area contributed by atoms with Crippen molar-refractivity contribution >= 4 is 79.5 Å². The van der Waals surface area contributed by atoms with Crippen LogP contribution in [-0.2, 0) is 27.2 Å². The zero-order chi connectivity index (χ0) is 37.3. The third kappa shape index (κ3) is 9.72. The number of rotatable bonds is 12. The average Bonchev–Trinajstić information content (AvgIpc) is 3.51. The molecular weight excluding hydrogens is 771 g/mol. The van der Waals surface area contributed by atoms with Gasteiger partial charge >= 0.3 is 5.97 Å². The summed E-state index contributed by atoms with van der Waals surface area (Å²) in [7, 11) is 0. The van der Waals surface area contributed by atoms with Gasteiger partial charge in [-0.25, -0.2) is 4.79 Å². The standard InChI is InChI=1S/C42H38BrN3O5S2/c1-3-51-42(50)36-33-21-20-26(2)22-35(33)53-41(36)46-40(49)37(28-13-6-4-7-14-28)52-32-19-11-18-31(25-32)44-39(48)34(24-27-12-10-17-30(43)23-27)45-38(47)29-15-8-5-9-16-29/h4-19,23-26,37H,3,20-22H2,1-2H3,(H,44,48)(H,45,47)(H,46,49)/b34-24+. The molecule has 270 valence electrons. The van der Waals surface area contributed by atoms with Crippen LogP contribution >= 0.6 is 39.0 Å². The van der Waals surface area contributed by atoms with Crippen LogP contribution in [0.3, 0.4) is 0 Å². The first-order valence-electron chi connectivity index (χ1n) is 17.3. The summed E-state index contributed by atoms with van der Waals surface area (Å²) < 4.78 is 6.26. The molecule has 1 aromatic heterocycles. The summed E-state index contributed by atoms with van der Waals surface area (Å²) >= 11 is 6.25. The zero-order valence-electron chi connectivity index (χ0n) is 29.2. The Bertz CT molecular complexity index is 2150. The monoisotopic (exact) mass is 807 g/mol. The molecule has 0 spiro atoms. The lowest BCUT2D eigenvalue weighted by molar-refractivity contribution is -0.116. The normalized spacial score (nSPS) is 14.4. The van der Waals surface area contributed by atoms with Crippen LogP contribution in [0.4, 0.5) is 10.7 Å². The van der Waals surface area contributed by atoms with Gasteiger partial charge in [0.25, 0.3) is 11.8 Å². The van der Waals surface area contributed by atoms with Gasteiger partial charge in [-0.15, -0.1) is 23.1 Å². The van der Waals surface area contributed by atoms with E-state index in [4.69, 9.17) is 4.74 Å². The Balaban J connectivity index is 1.25. The summed E-state index contributed by atoms with van der Waals surface area (Å²) in [5.74, 6) is -1.15. The van der Waals surface area contributed by atoms with Crippen LogP contribution in [0.25, 0.3) is 6.08 Å². The van der Waals surface area contributed by atoms with E-state index in [9.17, 15) is 19.2 Å². The Morgan fingerprint density at radius 1 is 0.925 bits per heavy atom. The Morgan fingerprint density at radius 2 is 1.66 bits per heavy atom. The Morgan fingerprint density at radius 3 is 2.40 bits per heavy atom. The van der Waals surface area contributed by atoms with E-state index in [1.165, 1.54) is 23.1 Å². The fourth-order valence-electron chi connectivity index (χ4n) is 6.02. The van der Waals surface area contributed by atoms with E-state index >= 15 is 0 Å². The number of amides is 3. The summed E-state index contributed by atoms with van der Waals surface area (Å²) in [6.45, 7) is 4.21. The number of thiophene rings is 1. The highest BCUT2D eigenvalue weighted by molar-refractivity contribution is 9.10. The average molecular weight is 809 g/mol. The first kappa shape index (κ1) is 37.8. The summed E-state index contributed by atoms with van der Waals surface area (Å²) in [6, 6.07) is 32.7. The second kappa shape index (κ2) is 17.7. The van der Waals surface area contributed by atoms with Crippen molar-refractivity contribution in [3.8, 4) is 0 Å². The molecule has 1 aliphatic carbocycles. The van der Waals surface area contributed by atoms with Crippen LogP contribution in [0.15, 0.2) is 124 Å². The van der Waals surface area contributed by atoms with Crippen molar-refractivity contribution in [2.45, 2.75) is 43.3 Å². The van der Waals surface area contributed by atoms with Crippen LogP contribution in [0, 0.1) is 5.92 Å². The Kier molecular flexibility index (Phi) is 12.6. The third-order valence-corrected chi connectivity index (χ3v) is 11.5. The maximum atomic E-state index is 14.2. The maximum Gasteiger partial charge on any atom is 0.341 e. The molecule has 4 aromatic carbocycles. The van der Waals surface area contributed by atoms with E-state index in [1.807, 2.05) is 66.7 Å². The molecule has 2 atom stereocenters. The molecule has 3 amide bonds. The molecule has 53 heavy (non-hydrogen) atoms. The van der Waals surface area contributed by atoms with Crippen LogP contribution in [0.1, 0.15) is 67.8 Å². The smallest absolute Gasteiger partial charge is 0.341 e. The van der Waals surface area contributed by atoms with Gasteiger partial charge in [0.1, 0.15) is 15.9 Å². The number of fused-ring (bicyclic) bond motifs is 1. The van der Waals surface area contributed by atoms with Crippen molar-refractivity contribution < 1.29 is 23.9 Å². The summed E-state index contributed by atoms with van der Waals surface area (Å²) in [5, 5.41) is 8.62. The van der Waals surface area contributed by atoms with Crippen molar-refractivity contribution in [1.29, 1.82) is 0 Å². The minimum Gasteiger partial charge on any atom is -0.462 e. The van der Waals surface area contributed by atoms with Gasteiger partial charge in [-0.3, -0.25) is 14.4 Å². The van der Waals surface area contributed by atoms with Crippen LogP contribution < -0.4 is 16.0 Å². The molecule has 1 heterocycles. The molecule has 1 aliphatic rings. The minimum atomic E-state index is -0.688. The number of anilines is 2. The molecule has 0 bridgehead atoms. The van der Waals surface area contributed by atoms with Gasteiger partial charge in [0.05, 0.1) is 12.2 Å². The quantitative estimate of drug-likeness (QED) is 0.0658. The summed E-state index contributed by atoms with van der Waals surface area (Å²) in [5.41, 5.74) is 3.87. The number of thioether (sulfide) groups is 1. The molecule has 0 saturated heterocycles. The fraction of sp³-hybridized carbons (Fsp3) is 0.190. The molecular formula is C42H38BrN3O5S2. The van der Waals surface area contributed by atoms with E-state index in [0.29, 0.717) is 33.3 Å². The highest BCUT2D eigenvalue weighted by Gasteiger charge is 2.31. The van der Waals surface area contributed by atoms with Crippen LogP contribution in [0.5, 0.6) is 0 Å². The largest absolute Gasteiger partial charge is 0.462 e. The number of hydrogen-bond acceptors (Lipinski definition) is 7. The lowest BCUT2D eigenvalue weighted by Crippen LogP contribution is -2.30. The van der Waals surface area contributed by atoms with Crippen LogP contribution in [0.2, 0.25) is 0 Å². The van der Waals surface area contributed by atoms with Gasteiger partial charge in [0.15, 0.2) is 0 Å². The third-order valence-electron chi connectivity index (χ3n) is 8.60. The topological polar surface area (TPSA) is 114 Å². The molecule has 11 heteroatoms. The second-order valence-electron chi connectivity index (χ2n) is 12.6. The number of hydrogen-bond donors (Lipinski definition) is 3. The lowest BCUT2D eigenvalue weighted by Gasteiger charge is -2.19. The number of esters is 1. The van der Waals surface area contributed by atoms with Crippen molar-refractivity contribution in [2.24, 2.45) is 5.92 Å². The van der Waals surface area contributed by atoms with Gasteiger partial charge in [-0.1, -0.05) is 89.6 Å². The van der Waals surface area contributed by atoms with Crippen molar-refractivity contribution in [1.82, 2.24) is 5.32 Å². The van der Waals surface area contributed by atoms with E-state index in [-0.39, 0.29) is 18.2 Å². The van der Waals surface area contributed by atoms with Crippen molar-refractivity contribution in [2.75, 3.05) is 17.2 Å². The molecule has 6 rings (SSSR count). The van der Waals surface area contributed by atoms with Gasteiger partial charge in [0, 0.05) is 25.5 Å². The van der Waals surface area contributed by atoms with E-state index < -0.39 is 23.0 Å². The number of carbonyl (C=O) groups excluding carboxylic acids is 4. The van der Waals surface area contributed by atoms with E-state index in [2.05, 4.69) is 38.8 Å².